The summed E-state index contributed by atoms with van der Waals surface area (Å²) in [7, 11) is -2.25. The summed E-state index contributed by atoms with van der Waals surface area (Å²) in [4.78, 5) is 24.2. The molecule has 2 rings (SSSR count). The van der Waals surface area contributed by atoms with Crippen LogP contribution in [-0.4, -0.2) is 39.9 Å². The number of methoxy groups -OCH3 is 1. The third-order valence-corrected chi connectivity index (χ3v) is 5.73. The average Bonchev–Trinajstić information content (AvgIpc) is 2.70. The molecule has 0 aliphatic heterocycles. The predicted molar refractivity (Wildman–Crippen MR) is 114 cm³/mol. The summed E-state index contributed by atoms with van der Waals surface area (Å²) in [6.45, 7) is 3.25. The zero-order chi connectivity index (χ0) is 22.3. The van der Waals surface area contributed by atoms with E-state index in [1.807, 2.05) is 0 Å². The number of anilines is 1. The first kappa shape index (κ1) is 23.5. The maximum atomic E-state index is 12.4. The third kappa shape index (κ3) is 6.61. The van der Waals surface area contributed by atoms with E-state index in [0.29, 0.717) is 11.4 Å². The Balaban J connectivity index is 1.96. The number of ether oxygens (including phenoxy) is 1. The van der Waals surface area contributed by atoms with Crippen molar-refractivity contribution in [1.82, 2.24) is 15.6 Å². The zero-order valence-electron chi connectivity index (χ0n) is 16.7. The zero-order valence-corrected chi connectivity index (χ0v) is 18.2. The molecule has 4 N–H and O–H groups in total. The number of carbonyl (C=O) groups is 2. The molecular formula is C19H23ClN4O5S. The Morgan fingerprint density at radius 1 is 1.07 bits per heavy atom. The quantitative estimate of drug-likeness (QED) is 0.451. The minimum Gasteiger partial charge on any atom is -0.497 e. The molecule has 0 aromatic heterocycles. The van der Waals surface area contributed by atoms with Gasteiger partial charge in [-0.3, -0.25) is 20.4 Å². The van der Waals surface area contributed by atoms with E-state index in [1.54, 1.807) is 45.2 Å². The SMILES string of the molecule is COc1ccc(NCC(=O)NNC(=O)c2cc(S(=O)(=O)NC(C)C)ccc2Cl)cc1. The number of benzene rings is 2. The van der Waals surface area contributed by atoms with Gasteiger partial charge in [-0.25, -0.2) is 13.1 Å². The number of amides is 2. The number of halogens is 1. The second kappa shape index (κ2) is 10.3. The van der Waals surface area contributed by atoms with Gasteiger partial charge in [-0.1, -0.05) is 11.6 Å². The lowest BCUT2D eigenvalue weighted by molar-refractivity contribution is -0.120. The molecule has 30 heavy (non-hydrogen) atoms. The van der Waals surface area contributed by atoms with Gasteiger partial charge in [-0.2, -0.15) is 0 Å². The Labute approximate surface area is 180 Å². The molecule has 9 nitrogen and oxygen atoms in total. The molecule has 0 radical (unpaired) electrons. The molecule has 162 valence electrons. The number of hydrazine groups is 1. The van der Waals surface area contributed by atoms with Gasteiger partial charge in [0.1, 0.15) is 5.75 Å². The van der Waals surface area contributed by atoms with Crippen LogP contribution in [0.25, 0.3) is 0 Å². The van der Waals surface area contributed by atoms with E-state index in [4.69, 9.17) is 16.3 Å². The molecule has 0 bridgehead atoms. The number of hydrogen-bond acceptors (Lipinski definition) is 6. The van der Waals surface area contributed by atoms with E-state index in [0.717, 1.165) is 6.07 Å². The van der Waals surface area contributed by atoms with Crippen LogP contribution in [0.5, 0.6) is 5.75 Å². The fourth-order valence-electron chi connectivity index (χ4n) is 2.35. The first-order chi connectivity index (χ1) is 14.1. The Morgan fingerprint density at radius 2 is 1.73 bits per heavy atom. The van der Waals surface area contributed by atoms with Crippen LogP contribution in [0, 0.1) is 0 Å². The van der Waals surface area contributed by atoms with E-state index in [-0.39, 0.29) is 28.1 Å². The molecule has 0 aliphatic carbocycles. The van der Waals surface area contributed by atoms with E-state index in [1.165, 1.54) is 12.1 Å². The third-order valence-electron chi connectivity index (χ3n) is 3.74. The number of rotatable bonds is 8. The maximum absolute atomic E-state index is 12.4. The van der Waals surface area contributed by atoms with Gasteiger partial charge in [-0.15, -0.1) is 0 Å². The molecule has 0 aliphatic rings. The van der Waals surface area contributed by atoms with Crippen molar-refractivity contribution in [2.45, 2.75) is 24.8 Å². The fourth-order valence-corrected chi connectivity index (χ4v) is 3.83. The van der Waals surface area contributed by atoms with Gasteiger partial charge in [0.25, 0.3) is 11.8 Å². The lowest BCUT2D eigenvalue weighted by atomic mass is 10.2. The van der Waals surface area contributed by atoms with Crippen molar-refractivity contribution in [1.29, 1.82) is 0 Å². The van der Waals surface area contributed by atoms with Crippen molar-refractivity contribution in [2.24, 2.45) is 0 Å². The first-order valence-electron chi connectivity index (χ1n) is 8.91. The molecule has 2 aromatic carbocycles. The van der Waals surface area contributed by atoms with Crippen molar-refractivity contribution < 1.29 is 22.7 Å². The molecule has 2 aromatic rings. The van der Waals surface area contributed by atoms with Gasteiger partial charge in [0.05, 0.1) is 29.1 Å². The number of hydrogen-bond donors (Lipinski definition) is 4. The summed E-state index contributed by atoms with van der Waals surface area (Å²) in [5.41, 5.74) is 5.06. The average molecular weight is 455 g/mol. The second-order valence-corrected chi connectivity index (χ2v) is 8.62. The second-order valence-electron chi connectivity index (χ2n) is 6.50. The van der Waals surface area contributed by atoms with Crippen LogP contribution in [0.3, 0.4) is 0 Å². The normalized spacial score (nSPS) is 11.1. The molecule has 0 spiro atoms. The molecule has 0 atom stereocenters. The highest BCUT2D eigenvalue weighted by Crippen LogP contribution is 2.20. The van der Waals surface area contributed by atoms with E-state index >= 15 is 0 Å². The maximum Gasteiger partial charge on any atom is 0.271 e. The Bertz CT molecular complexity index is 1010. The number of carbonyl (C=O) groups excluding carboxylic acids is 2. The molecule has 0 unspecified atom stereocenters. The smallest absolute Gasteiger partial charge is 0.271 e. The minimum absolute atomic E-state index is 0.0432. The molecule has 0 saturated heterocycles. The van der Waals surface area contributed by atoms with E-state index in [2.05, 4.69) is 20.9 Å². The molecule has 11 heteroatoms. The highest BCUT2D eigenvalue weighted by molar-refractivity contribution is 7.89. The van der Waals surface area contributed by atoms with Crippen molar-refractivity contribution in [3.63, 3.8) is 0 Å². The molecule has 0 saturated carbocycles. The Morgan fingerprint density at radius 3 is 2.33 bits per heavy atom. The van der Waals surface area contributed by atoms with Crippen molar-refractivity contribution in [3.8, 4) is 5.75 Å². The summed E-state index contributed by atoms with van der Waals surface area (Å²) in [5, 5.41) is 2.93. The Kier molecular flexibility index (Phi) is 8.04. The topological polar surface area (TPSA) is 126 Å². The standard InChI is InChI=1S/C19H23ClN4O5S/c1-12(2)24-30(27,28)15-8-9-17(20)16(10-15)19(26)23-22-18(25)11-21-13-4-6-14(29-3)7-5-13/h4-10,12,21,24H,11H2,1-3H3,(H,22,25)(H,23,26). The van der Waals surface area contributed by atoms with Crippen molar-refractivity contribution in [2.75, 3.05) is 19.0 Å². The highest BCUT2D eigenvalue weighted by Gasteiger charge is 2.19. The summed E-state index contributed by atoms with van der Waals surface area (Å²) in [6, 6.07) is 10.4. The van der Waals surface area contributed by atoms with Gasteiger partial charge in [0.15, 0.2) is 0 Å². The van der Waals surface area contributed by atoms with Crippen LogP contribution < -0.4 is 25.6 Å². The van der Waals surface area contributed by atoms with Gasteiger partial charge < -0.3 is 10.1 Å². The van der Waals surface area contributed by atoms with Crippen LogP contribution in [0.15, 0.2) is 47.4 Å². The largest absolute Gasteiger partial charge is 0.497 e. The highest BCUT2D eigenvalue weighted by atomic mass is 35.5. The number of nitrogens with one attached hydrogen (secondary N) is 4. The summed E-state index contributed by atoms with van der Waals surface area (Å²) in [5.74, 6) is -0.582. The molecular weight excluding hydrogens is 432 g/mol. The lowest BCUT2D eigenvalue weighted by Crippen LogP contribution is -2.44. The summed E-state index contributed by atoms with van der Waals surface area (Å²) >= 11 is 6.02. The fraction of sp³-hybridized carbons (Fsp3) is 0.263. The van der Waals surface area contributed by atoms with Gasteiger partial charge >= 0.3 is 0 Å². The van der Waals surface area contributed by atoms with Crippen molar-refractivity contribution in [3.05, 3.63) is 53.1 Å². The van der Waals surface area contributed by atoms with Crippen LogP contribution in [0.1, 0.15) is 24.2 Å². The number of sulfonamides is 1. The molecule has 2 amide bonds. The summed E-state index contributed by atoms with van der Waals surface area (Å²) in [6.07, 6.45) is 0. The molecule has 0 heterocycles. The van der Waals surface area contributed by atoms with Crippen LogP contribution in [0.4, 0.5) is 5.69 Å². The minimum atomic E-state index is -3.80. The first-order valence-corrected chi connectivity index (χ1v) is 10.8. The monoisotopic (exact) mass is 454 g/mol. The van der Waals surface area contributed by atoms with Gasteiger partial charge in [0.2, 0.25) is 10.0 Å². The van der Waals surface area contributed by atoms with Crippen LogP contribution >= 0.6 is 11.6 Å². The van der Waals surface area contributed by atoms with E-state index < -0.39 is 21.8 Å². The molecule has 0 fully saturated rings. The Hall–Kier alpha value is -2.82. The van der Waals surface area contributed by atoms with Gasteiger partial charge in [-0.05, 0) is 56.3 Å². The lowest BCUT2D eigenvalue weighted by Gasteiger charge is -2.13. The predicted octanol–water partition coefficient (Wildman–Crippen LogP) is 1.91. The van der Waals surface area contributed by atoms with E-state index in [9.17, 15) is 18.0 Å². The van der Waals surface area contributed by atoms with Gasteiger partial charge in [0, 0.05) is 11.7 Å². The summed E-state index contributed by atoms with van der Waals surface area (Å²) < 4.78 is 32.0. The van der Waals surface area contributed by atoms with Crippen molar-refractivity contribution >= 4 is 39.1 Å². The van der Waals surface area contributed by atoms with Crippen LogP contribution in [-0.2, 0) is 14.8 Å². The van der Waals surface area contributed by atoms with Crippen LogP contribution in [0.2, 0.25) is 5.02 Å².